The van der Waals surface area contributed by atoms with E-state index >= 15 is 0 Å². The van der Waals surface area contributed by atoms with E-state index in [4.69, 9.17) is 5.73 Å². The molecule has 0 spiro atoms. The van der Waals surface area contributed by atoms with E-state index in [2.05, 4.69) is 20.3 Å². The van der Waals surface area contributed by atoms with Gasteiger partial charge in [-0.05, 0) is 6.54 Å². The lowest BCUT2D eigenvalue weighted by Crippen LogP contribution is -2.11. The largest absolute Gasteiger partial charge is 0.453 e. The monoisotopic (exact) mass is 320 g/mol. The number of halogens is 3. The van der Waals surface area contributed by atoms with Gasteiger partial charge in [-0.2, -0.15) is 22.8 Å². The Hall–Kier alpha value is -1.59. The fourth-order valence-electron chi connectivity index (χ4n) is 1.54. The van der Waals surface area contributed by atoms with Crippen molar-refractivity contribution in [3.8, 4) is 10.7 Å². The van der Waals surface area contributed by atoms with Crippen LogP contribution in [0.25, 0.3) is 15.7 Å². The van der Waals surface area contributed by atoms with E-state index in [1.165, 1.54) is 11.3 Å². The van der Waals surface area contributed by atoms with E-state index < -0.39 is 12.0 Å². The van der Waals surface area contributed by atoms with Crippen LogP contribution >= 0.6 is 22.7 Å². The van der Waals surface area contributed by atoms with Crippen molar-refractivity contribution in [2.45, 2.75) is 12.6 Å². The van der Waals surface area contributed by atoms with E-state index in [1.807, 2.05) is 0 Å². The van der Waals surface area contributed by atoms with Gasteiger partial charge in [-0.15, -0.1) is 21.5 Å². The van der Waals surface area contributed by atoms with E-state index in [-0.39, 0.29) is 4.96 Å². The average molecular weight is 320 g/mol. The molecule has 11 heteroatoms. The van der Waals surface area contributed by atoms with E-state index in [9.17, 15) is 13.2 Å². The molecule has 0 aliphatic carbocycles. The average Bonchev–Trinajstić information content (AvgIpc) is 2.98. The third-order valence-electron chi connectivity index (χ3n) is 2.37. The summed E-state index contributed by atoms with van der Waals surface area (Å²) in [6.07, 6.45) is -3.96. The molecule has 20 heavy (non-hydrogen) atoms. The number of thiazole rings is 1. The summed E-state index contributed by atoms with van der Waals surface area (Å²) in [7, 11) is 0. The van der Waals surface area contributed by atoms with Crippen LogP contribution < -0.4 is 5.73 Å². The Morgan fingerprint density at radius 2 is 2.10 bits per heavy atom. The van der Waals surface area contributed by atoms with Crippen LogP contribution in [-0.4, -0.2) is 31.3 Å². The van der Waals surface area contributed by atoms with Gasteiger partial charge in [0.1, 0.15) is 5.69 Å². The number of nitrogens with two attached hydrogens (primary N) is 1. The zero-order valence-electron chi connectivity index (χ0n) is 9.76. The molecule has 0 aromatic carbocycles. The Morgan fingerprint density at radius 3 is 2.80 bits per heavy atom. The molecule has 0 bridgehead atoms. The predicted octanol–water partition coefficient (Wildman–Crippen LogP) is 1.83. The summed E-state index contributed by atoms with van der Waals surface area (Å²) in [6, 6.07) is 0. The Labute approximate surface area is 118 Å². The van der Waals surface area contributed by atoms with Crippen molar-refractivity contribution in [2.75, 3.05) is 6.54 Å². The van der Waals surface area contributed by atoms with Crippen LogP contribution in [0.5, 0.6) is 0 Å². The number of fused-ring (bicyclic) bond motifs is 1. The molecule has 0 unspecified atom stereocenters. The van der Waals surface area contributed by atoms with Crippen LogP contribution in [-0.2, 0) is 12.6 Å². The van der Waals surface area contributed by atoms with Gasteiger partial charge in [0.15, 0.2) is 5.01 Å². The first-order valence-corrected chi connectivity index (χ1v) is 7.13. The molecule has 3 heterocycles. The van der Waals surface area contributed by atoms with Gasteiger partial charge in [0.25, 0.3) is 5.82 Å². The SMILES string of the molecule is NCCc1nc(-c2nn3c(C(F)(F)F)nnc3s2)cs1. The van der Waals surface area contributed by atoms with Crippen molar-refractivity contribution in [2.24, 2.45) is 5.73 Å². The van der Waals surface area contributed by atoms with E-state index in [0.29, 0.717) is 28.2 Å². The molecule has 3 aromatic rings. The second kappa shape index (κ2) is 4.75. The molecule has 106 valence electrons. The fraction of sp³-hybridized carbons (Fsp3) is 0.333. The van der Waals surface area contributed by atoms with Gasteiger partial charge in [0, 0.05) is 11.8 Å². The van der Waals surface area contributed by atoms with Crippen molar-refractivity contribution in [3.05, 3.63) is 16.2 Å². The Kier molecular flexibility index (Phi) is 3.18. The molecule has 0 aliphatic heterocycles. The number of aromatic nitrogens is 5. The lowest BCUT2D eigenvalue weighted by molar-refractivity contribution is -0.146. The summed E-state index contributed by atoms with van der Waals surface area (Å²) < 4.78 is 38.7. The Morgan fingerprint density at radius 1 is 1.30 bits per heavy atom. The number of hydrogen-bond donors (Lipinski definition) is 1. The number of nitrogens with zero attached hydrogens (tertiary/aromatic N) is 5. The normalized spacial score (nSPS) is 12.4. The summed E-state index contributed by atoms with van der Waals surface area (Å²) in [6.45, 7) is 0.469. The third-order valence-corrected chi connectivity index (χ3v) is 4.20. The molecule has 0 aliphatic rings. The van der Waals surface area contributed by atoms with E-state index in [1.54, 1.807) is 5.38 Å². The topological polar surface area (TPSA) is 82.0 Å². The lowest BCUT2D eigenvalue weighted by Gasteiger charge is -1.99. The van der Waals surface area contributed by atoms with Gasteiger partial charge in [0.05, 0.1) is 5.01 Å². The predicted molar refractivity (Wildman–Crippen MR) is 67.5 cm³/mol. The van der Waals surface area contributed by atoms with Crippen molar-refractivity contribution in [1.29, 1.82) is 0 Å². The van der Waals surface area contributed by atoms with Crippen LogP contribution in [0.15, 0.2) is 5.38 Å². The van der Waals surface area contributed by atoms with Crippen LogP contribution in [0.1, 0.15) is 10.8 Å². The zero-order chi connectivity index (χ0) is 14.3. The third kappa shape index (κ3) is 2.27. The molecule has 2 N–H and O–H groups in total. The van der Waals surface area contributed by atoms with Crippen LogP contribution in [0.2, 0.25) is 0 Å². The van der Waals surface area contributed by atoms with Crippen LogP contribution in [0, 0.1) is 0 Å². The molecule has 0 amide bonds. The van der Waals surface area contributed by atoms with Gasteiger partial charge in [0.2, 0.25) is 4.96 Å². The first-order valence-electron chi connectivity index (χ1n) is 5.43. The van der Waals surface area contributed by atoms with E-state index in [0.717, 1.165) is 16.3 Å². The molecule has 3 aromatic heterocycles. The number of alkyl halides is 3. The molecular formula is C9H7F3N6S2. The van der Waals surface area contributed by atoms with Gasteiger partial charge in [-0.1, -0.05) is 11.3 Å². The number of rotatable bonds is 3. The molecule has 0 atom stereocenters. The summed E-state index contributed by atoms with van der Waals surface area (Å²) in [5, 5.41) is 13.4. The van der Waals surface area contributed by atoms with Crippen LogP contribution in [0.3, 0.4) is 0 Å². The minimum Gasteiger partial charge on any atom is -0.330 e. The quantitative estimate of drug-likeness (QED) is 0.796. The molecular weight excluding hydrogens is 313 g/mol. The van der Waals surface area contributed by atoms with Gasteiger partial charge in [-0.25, -0.2) is 4.98 Å². The van der Waals surface area contributed by atoms with Crippen molar-refractivity contribution < 1.29 is 13.2 Å². The molecule has 6 nitrogen and oxygen atoms in total. The Balaban J connectivity index is 2.02. The molecule has 0 saturated carbocycles. The Bertz CT molecular complexity index is 742. The van der Waals surface area contributed by atoms with Crippen molar-refractivity contribution in [3.63, 3.8) is 0 Å². The second-order valence-electron chi connectivity index (χ2n) is 3.79. The minimum atomic E-state index is -4.59. The standard InChI is InChI=1S/C9H7F3N6S2/c10-9(11,12)7-15-16-8-18(7)17-6(20-8)4-3-19-5(14-4)1-2-13/h3H,1-2,13H2. The maximum Gasteiger partial charge on any atom is 0.453 e. The summed E-state index contributed by atoms with van der Waals surface area (Å²) in [4.78, 5) is 4.36. The smallest absolute Gasteiger partial charge is 0.330 e. The van der Waals surface area contributed by atoms with Gasteiger partial charge in [-0.3, -0.25) is 0 Å². The van der Waals surface area contributed by atoms with Gasteiger partial charge >= 0.3 is 6.18 Å². The minimum absolute atomic E-state index is 0.0840. The maximum absolute atomic E-state index is 12.7. The fourth-order valence-corrected chi connectivity index (χ4v) is 3.22. The second-order valence-corrected chi connectivity index (χ2v) is 5.69. The molecule has 0 radical (unpaired) electrons. The first kappa shape index (κ1) is 13.4. The van der Waals surface area contributed by atoms with Gasteiger partial charge < -0.3 is 5.73 Å². The highest BCUT2D eigenvalue weighted by Crippen LogP contribution is 2.32. The summed E-state index contributed by atoms with van der Waals surface area (Å²) in [5.74, 6) is -1.13. The molecule has 3 rings (SSSR count). The molecule has 0 fully saturated rings. The highest BCUT2D eigenvalue weighted by atomic mass is 32.1. The first-order chi connectivity index (χ1) is 9.49. The highest BCUT2D eigenvalue weighted by Gasteiger charge is 2.38. The maximum atomic E-state index is 12.7. The van der Waals surface area contributed by atoms with Crippen molar-refractivity contribution >= 4 is 27.6 Å². The molecule has 0 saturated heterocycles. The van der Waals surface area contributed by atoms with Crippen molar-refractivity contribution in [1.82, 2.24) is 24.8 Å². The number of hydrogen-bond acceptors (Lipinski definition) is 7. The summed E-state index contributed by atoms with van der Waals surface area (Å²) in [5.41, 5.74) is 5.96. The summed E-state index contributed by atoms with van der Waals surface area (Å²) >= 11 is 2.41. The zero-order valence-corrected chi connectivity index (χ0v) is 11.4. The lowest BCUT2D eigenvalue weighted by atomic mass is 10.4. The van der Waals surface area contributed by atoms with Crippen LogP contribution in [0.4, 0.5) is 13.2 Å². The highest BCUT2D eigenvalue weighted by molar-refractivity contribution is 7.20.